The first-order valence-corrected chi connectivity index (χ1v) is 13.1. The Hall–Kier alpha value is -2.79. The highest BCUT2D eigenvalue weighted by Gasteiger charge is 2.25. The van der Waals surface area contributed by atoms with Crippen LogP contribution in [-0.2, 0) is 4.74 Å². The highest BCUT2D eigenvalue weighted by molar-refractivity contribution is 5.71. The van der Waals surface area contributed by atoms with E-state index in [1.54, 1.807) is 24.3 Å². The van der Waals surface area contributed by atoms with Gasteiger partial charge in [-0.2, -0.15) is 4.39 Å². The fourth-order valence-electron chi connectivity index (χ4n) is 4.85. The molecular weight excluding hydrogens is 461 g/mol. The van der Waals surface area contributed by atoms with Crippen LogP contribution < -0.4 is 4.74 Å². The van der Waals surface area contributed by atoms with Gasteiger partial charge in [0, 0.05) is 11.1 Å². The first-order valence-electron chi connectivity index (χ1n) is 13.1. The third-order valence-electron chi connectivity index (χ3n) is 6.97. The molecular formula is C31H35F3O2. The van der Waals surface area contributed by atoms with Gasteiger partial charge in [-0.1, -0.05) is 69.5 Å². The molecule has 1 fully saturated rings. The molecule has 0 aromatic heterocycles. The van der Waals surface area contributed by atoms with Crippen molar-refractivity contribution in [3.05, 3.63) is 77.6 Å². The molecule has 36 heavy (non-hydrogen) atoms. The fourth-order valence-corrected chi connectivity index (χ4v) is 4.85. The minimum Gasteiger partial charge on any atom is -0.490 e. The van der Waals surface area contributed by atoms with Crippen molar-refractivity contribution in [1.29, 1.82) is 0 Å². The highest BCUT2D eigenvalue weighted by atomic mass is 19.2. The van der Waals surface area contributed by atoms with E-state index in [-0.39, 0.29) is 23.2 Å². The molecule has 2 nitrogen and oxygen atoms in total. The number of benzene rings is 3. The summed E-state index contributed by atoms with van der Waals surface area (Å²) < 4.78 is 55.4. The second kappa shape index (κ2) is 12.4. The standard InChI is InChI=1S/C31H35F3O2/c1-3-5-6-7-21-8-16-28(36-20-21)26-14-13-24(19-27(26)32)22-9-11-23(12-10-22)25-15-17-29(35-18-4-2)31(34)30(25)33/h9-15,17,19,21,28H,3-8,16,18,20H2,1-2H3. The maximum absolute atomic E-state index is 15.1. The van der Waals surface area contributed by atoms with E-state index in [4.69, 9.17) is 9.47 Å². The van der Waals surface area contributed by atoms with E-state index < -0.39 is 11.6 Å². The Morgan fingerprint density at radius 3 is 2.22 bits per heavy atom. The lowest BCUT2D eigenvalue weighted by atomic mass is 9.90. The molecule has 2 atom stereocenters. The lowest BCUT2D eigenvalue weighted by Gasteiger charge is -2.29. The molecule has 0 N–H and O–H groups in total. The van der Waals surface area contributed by atoms with Crippen LogP contribution in [0.3, 0.4) is 0 Å². The maximum Gasteiger partial charge on any atom is 0.201 e. The van der Waals surface area contributed by atoms with Crippen molar-refractivity contribution >= 4 is 0 Å². The van der Waals surface area contributed by atoms with Crippen LogP contribution in [0.4, 0.5) is 13.2 Å². The molecule has 3 aromatic carbocycles. The molecule has 1 aliphatic heterocycles. The molecule has 3 aromatic rings. The van der Waals surface area contributed by atoms with E-state index in [2.05, 4.69) is 6.92 Å². The summed E-state index contributed by atoms with van der Waals surface area (Å²) in [5.74, 6) is -1.71. The van der Waals surface area contributed by atoms with Crippen LogP contribution in [0.25, 0.3) is 22.3 Å². The van der Waals surface area contributed by atoms with Gasteiger partial charge in [-0.3, -0.25) is 0 Å². The van der Waals surface area contributed by atoms with E-state index in [1.165, 1.54) is 43.9 Å². The van der Waals surface area contributed by atoms with Crippen molar-refractivity contribution in [3.8, 4) is 28.0 Å². The monoisotopic (exact) mass is 496 g/mol. The molecule has 1 saturated heterocycles. The first-order chi connectivity index (χ1) is 17.5. The summed E-state index contributed by atoms with van der Waals surface area (Å²) in [6.07, 6.45) is 7.30. The van der Waals surface area contributed by atoms with Gasteiger partial charge in [0.25, 0.3) is 0 Å². The van der Waals surface area contributed by atoms with Gasteiger partial charge in [0.2, 0.25) is 5.82 Å². The number of ether oxygens (including phenoxy) is 2. The molecule has 0 radical (unpaired) electrons. The number of rotatable bonds is 10. The number of unbranched alkanes of at least 4 members (excludes halogenated alkanes) is 2. The van der Waals surface area contributed by atoms with Crippen molar-refractivity contribution in [2.75, 3.05) is 13.2 Å². The first kappa shape index (κ1) is 26.3. The predicted octanol–water partition coefficient (Wildman–Crippen LogP) is 9.27. The summed E-state index contributed by atoms with van der Waals surface area (Å²) in [5, 5.41) is 0. The van der Waals surface area contributed by atoms with Gasteiger partial charge in [0.15, 0.2) is 11.6 Å². The molecule has 0 aliphatic carbocycles. The summed E-state index contributed by atoms with van der Waals surface area (Å²) in [5.41, 5.74) is 2.83. The van der Waals surface area contributed by atoms with Gasteiger partial charge in [0.05, 0.1) is 19.3 Å². The highest BCUT2D eigenvalue weighted by Crippen LogP contribution is 2.36. The summed E-state index contributed by atoms with van der Waals surface area (Å²) in [4.78, 5) is 0. The van der Waals surface area contributed by atoms with Crippen LogP contribution in [0.2, 0.25) is 0 Å². The molecule has 192 valence electrons. The van der Waals surface area contributed by atoms with Crippen LogP contribution in [0.15, 0.2) is 54.6 Å². The fraction of sp³-hybridized carbons (Fsp3) is 0.419. The average Bonchev–Trinajstić information content (AvgIpc) is 2.90. The summed E-state index contributed by atoms with van der Waals surface area (Å²) in [6.45, 7) is 5.13. The van der Waals surface area contributed by atoms with Crippen LogP contribution in [0.1, 0.15) is 70.5 Å². The van der Waals surface area contributed by atoms with Crippen molar-refractivity contribution in [2.24, 2.45) is 5.92 Å². The Morgan fingerprint density at radius 2 is 1.56 bits per heavy atom. The van der Waals surface area contributed by atoms with Crippen LogP contribution in [-0.4, -0.2) is 13.2 Å². The second-order valence-electron chi connectivity index (χ2n) is 9.66. The summed E-state index contributed by atoms with van der Waals surface area (Å²) in [7, 11) is 0. The SMILES string of the molecule is CCCCCC1CCC(c2ccc(-c3ccc(-c4ccc(OCCC)c(F)c4F)cc3)cc2F)OC1. The number of hydrogen-bond donors (Lipinski definition) is 0. The topological polar surface area (TPSA) is 18.5 Å². The predicted molar refractivity (Wildman–Crippen MR) is 139 cm³/mol. The molecule has 0 amide bonds. The van der Waals surface area contributed by atoms with E-state index in [0.29, 0.717) is 36.7 Å². The Labute approximate surface area is 212 Å². The van der Waals surface area contributed by atoms with Gasteiger partial charge < -0.3 is 9.47 Å². The minimum absolute atomic E-state index is 0.0840. The smallest absolute Gasteiger partial charge is 0.201 e. The minimum atomic E-state index is -0.986. The third-order valence-corrected chi connectivity index (χ3v) is 6.97. The molecule has 1 heterocycles. The molecule has 0 saturated carbocycles. The Morgan fingerprint density at radius 1 is 0.806 bits per heavy atom. The number of hydrogen-bond acceptors (Lipinski definition) is 2. The Bertz CT molecular complexity index is 1140. The van der Waals surface area contributed by atoms with Crippen molar-refractivity contribution in [1.82, 2.24) is 0 Å². The number of halogens is 3. The van der Waals surface area contributed by atoms with Crippen LogP contribution >= 0.6 is 0 Å². The lowest BCUT2D eigenvalue weighted by molar-refractivity contribution is -0.0215. The molecule has 2 unspecified atom stereocenters. The second-order valence-corrected chi connectivity index (χ2v) is 9.66. The van der Waals surface area contributed by atoms with Gasteiger partial charge in [0.1, 0.15) is 5.82 Å². The molecule has 0 spiro atoms. The van der Waals surface area contributed by atoms with E-state index in [1.807, 2.05) is 19.1 Å². The molecule has 5 heteroatoms. The quantitative estimate of drug-likeness (QED) is 0.260. The maximum atomic E-state index is 15.1. The zero-order valence-corrected chi connectivity index (χ0v) is 21.2. The van der Waals surface area contributed by atoms with Crippen molar-refractivity contribution < 1.29 is 22.6 Å². The lowest BCUT2D eigenvalue weighted by Crippen LogP contribution is -2.21. The summed E-state index contributed by atoms with van der Waals surface area (Å²) in [6, 6.07) is 15.2. The van der Waals surface area contributed by atoms with Gasteiger partial charge in [-0.05, 0) is 66.5 Å². The van der Waals surface area contributed by atoms with Crippen molar-refractivity contribution in [3.63, 3.8) is 0 Å². The zero-order chi connectivity index (χ0) is 25.5. The molecule has 4 rings (SSSR count). The Kier molecular flexibility index (Phi) is 9.08. The normalized spacial score (nSPS) is 17.8. The largest absolute Gasteiger partial charge is 0.490 e. The molecule has 0 bridgehead atoms. The van der Waals surface area contributed by atoms with E-state index >= 15 is 4.39 Å². The van der Waals surface area contributed by atoms with Gasteiger partial charge in [-0.25, -0.2) is 8.78 Å². The van der Waals surface area contributed by atoms with Gasteiger partial charge >= 0.3 is 0 Å². The Balaban J connectivity index is 1.43. The van der Waals surface area contributed by atoms with Crippen LogP contribution in [0.5, 0.6) is 5.75 Å². The van der Waals surface area contributed by atoms with E-state index in [9.17, 15) is 8.78 Å². The zero-order valence-electron chi connectivity index (χ0n) is 21.2. The van der Waals surface area contributed by atoms with Crippen molar-refractivity contribution in [2.45, 2.75) is 64.9 Å². The van der Waals surface area contributed by atoms with Gasteiger partial charge in [-0.15, -0.1) is 0 Å². The third kappa shape index (κ3) is 6.12. The van der Waals surface area contributed by atoms with E-state index in [0.717, 1.165) is 24.0 Å². The molecule has 1 aliphatic rings. The summed E-state index contributed by atoms with van der Waals surface area (Å²) >= 11 is 0. The van der Waals surface area contributed by atoms with Crippen LogP contribution in [0, 0.1) is 23.4 Å². The average molecular weight is 497 g/mol.